The molecule has 2 aliphatic heterocycles. The van der Waals surface area contributed by atoms with E-state index in [2.05, 4.69) is 5.32 Å². The fourth-order valence-corrected chi connectivity index (χ4v) is 2.32. The van der Waals surface area contributed by atoms with Crippen LogP contribution in [0.5, 0.6) is 0 Å². The van der Waals surface area contributed by atoms with Crippen LogP contribution in [0.25, 0.3) is 0 Å². The molecule has 4 heteroatoms. The SMILES string of the molecule is O=C(CCC1CCCO1)CC1COCCN1. The number of morpholine rings is 1. The molecule has 2 saturated heterocycles. The maximum atomic E-state index is 11.7. The molecule has 2 atom stereocenters. The summed E-state index contributed by atoms with van der Waals surface area (Å²) in [7, 11) is 0. The Bertz CT molecular complexity index is 220. The first-order chi connectivity index (χ1) is 7.84. The lowest BCUT2D eigenvalue weighted by atomic mass is 10.0. The summed E-state index contributed by atoms with van der Waals surface area (Å²) in [5, 5.41) is 3.30. The molecule has 92 valence electrons. The van der Waals surface area contributed by atoms with Gasteiger partial charge in [-0.3, -0.25) is 4.79 Å². The number of hydrogen-bond donors (Lipinski definition) is 1. The van der Waals surface area contributed by atoms with E-state index in [1.54, 1.807) is 0 Å². The molecule has 0 bridgehead atoms. The summed E-state index contributed by atoms with van der Waals surface area (Å²) in [4.78, 5) is 11.7. The fourth-order valence-electron chi connectivity index (χ4n) is 2.32. The molecule has 2 unspecified atom stereocenters. The lowest BCUT2D eigenvalue weighted by Gasteiger charge is -2.23. The van der Waals surface area contributed by atoms with Crippen LogP contribution in [-0.2, 0) is 14.3 Å². The molecule has 2 fully saturated rings. The predicted molar refractivity (Wildman–Crippen MR) is 60.4 cm³/mol. The smallest absolute Gasteiger partial charge is 0.134 e. The minimum absolute atomic E-state index is 0.228. The summed E-state index contributed by atoms with van der Waals surface area (Å²) < 4.78 is 10.8. The van der Waals surface area contributed by atoms with Crippen molar-refractivity contribution in [2.75, 3.05) is 26.4 Å². The Morgan fingerprint density at radius 3 is 3.00 bits per heavy atom. The maximum absolute atomic E-state index is 11.7. The van der Waals surface area contributed by atoms with E-state index >= 15 is 0 Å². The van der Waals surface area contributed by atoms with E-state index in [0.717, 1.165) is 39.0 Å². The summed E-state index contributed by atoms with van der Waals surface area (Å²) >= 11 is 0. The summed E-state index contributed by atoms with van der Waals surface area (Å²) in [6.07, 6.45) is 4.76. The number of ketones is 1. The van der Waals surface area contributed by atoms with Crippen LogP contribution in [0, 0.1) is 0 Å². The van der Waals surface area contributed by atoms with Crippen LogP contribution >= 0.6 is 0 Å². The van der Waals surface area contributed by atoms with Gasteiger partial charge >= 0.3 is 0 Å². The third kappa shape index (κ3) is 3.85. The molecular weight excluding hydrogens is 206 g/mol. The Labute approximate surface area is 96.7 Å². The lowest BCUT2D eigenvalue weighted by molar-refractivity contribution is -0.120. The first-order valence-electron chi connectivity index (χ1n) is 6.29. The predicted octanol–water partition coefficient (Wildman–Crippen LogP) is 0.893. The largest absolute Gasteiger partial charge is 0.379 e. The van der Waals surface area contributed by atoms with Crippen molar-refractivity contribution >= 4 is 5.78 Å². The number of hydrogen-bond acceptors (Lipinski definition) is 4. The molecule has 0 saturated carbocycles. The molecule has 1 N–H and O–H groups in total. The first-order valence-corrected chi connectivity index (χ1v) is 6.29. The lowest BCUT2D eigenvalue weighted by Crippen LogP contribution is -2.42. The fraction of sp³-hybridized carbons (Fsp3) is 0.917. The molecular formula is C12H21NO3. The van der Waals surface area contributed by atoms with Gasteiger partial charge in [0, 0.05) is 32.0 Å². The van der Waals surface area contributed by atoms with Crippen molar-refractivity contribution < 1.29 is 14.3 Å². The van der Waals surface area contributed by atoms with Gasteiger partial charge in [0.2, 0.25) is 0 Å². The minimum atomic E-state index is 0.228. The van der Waals surface area contributed by atoms with Gasteiger partial charge in [-0.15, -0.1) is 0 Å². The van der Waals surface area contributed by atoms with E-state index in [4.69, 9.17) is 9.47 Å². The molecule has 0 radical (unpaired) electrons. The van der Waals surface area contributed by atoms with Gasteiger partial charge < -0.3 is 14.8 Å². The normalized spacial score (nSPS) is 30.5. The first kappa shape index (κ1) is 12.0. The summed E-state index contributed by atoms with van der Waals surface area (Å²) in [5.74, 6) is 0.332. The van der Waals surface area contributed by atoms with Gasteiger partial charge in [-0.05, 0) is 19.3 Å². The van der Waals surface area contributed by atoms with Crippen LogP contribution in [0.3, 0.4) is 0 Å². The third-order valence-corrected chi connectivity index (χ3v) is 3.24. The Morgan fingerprint density at radius 2 is 2.31 bits per heavy atom. The molecule has 0 aromatic rings. The van der Waals surface area contributed by atoms with Crippen LogP contribution in [0.1, 0.15) is 32.1 Å². The quantitative estimate of drug-likeness (QED) is 0.758. The van der Waals surface area contributed by atoms with E-state index in [1.807, 2.05) is 0 Å². The summed E-state index contributed by atoms with van der Waals surface area (Å²) in [6.45, 7) is 3.17. The highest BCUT2D eigenvalue weighted by atomic mass is 16.5. The van der Waals surface area contributed by atoms with Crippen LogP contribution in [0.15, 0.2) is 0 Å². The standard InChI is InChI=1S/C12H21NO3/c14-11(3-4-12-2-1-6-16-12)8-10-9-15-7-5-13-10/h10,12-13H,1-9H2. The number of ether oxygens (including phenoxy) is 2. The molecule has 16 heavy (non-hydrogen) atoms. The van der Waals surface area contributed by atoms with Gasteiger partial charge in [-0.2, -0.15) is 0 Å². The molecule has 0 aliphatic carbocycles. The Kier molecular flexibility index (Phi) is 4.75. The third-order valence-electron chi connectivity index (χ3n) is 3.24. The van der Waals surface area contributed by atoms with Gasteiger partial charge in [-0.1, -0.05) is 0 Å². The topological polar surface area (TPSA) is 47.6 Å². The van der Waals surface area contributed by atoms with Crippen molar-refractivity contribution in [2.45, 2.75) is 44.2 Å². The zero-order valence-electron chi connectivity index (χ0n) is 9.74. The van der Waals surface area contributed by atoms with E-state index in [-0.39, 0.29) is 6.04 Å². The number of carbonyl (C=O) groups excluding carboxylic acids is 1. The van der Waals surface area contributed by atoms with Gasteiger partial charge in [0.25, 0.3) is 0 Å². The van der Waals surface area contributed by atoms with Crippen LogP contribution in [0.2, 0.25) is 0 Å². The van der Waals surface area contributed by atoms with Gasteiger partial charge in [-0.25, -0.2) is 0 Å². The molecule has 2 heterocycles. The number of rotatable bonds is 5. The van der Waals surface area contributed by atoms with E-state index in [1.165, 1.54) is 0 Å². The van der Waals surface area contributed by atoms with Crippen molar-refractivity contribution in [3.63, 3.8) is 0 Å². The average Bonchev–Trinajstić information content (AvgIpc) is 2.81. The number of carbonyl (C=O) groups is 1. The Balaban J connectivity index is 1.59. The van der Waals surface area contributed by atoms with E-state index in [9.17, 15) is 4.79 Å². The van der Waals surface area contributed by atoms with Gasteiger partial charge in [0.1, 0.15) is 5.78 Å². The highest BCUT2D eigenvalue weighted by Gasteiger charge is 2.19. The molecule has 0 aromatic heterocycles. The Hall–Kier alpha value is -0.450. The number of nitrogens with one attached hydrogen (secondary N) is 1. The molecule has 2 rings (SSSR count). The number of Topliss-reactive ketones (excluding diaryl/α,β-unsaturated/α-hetero) is 1. The van der Waals surface area contributed by atoms with Crippen molar-refractivity contribution in [2.24, 2.45) is 0 Å². The van der Waals surface area contributed by atoms with E-state index < -0.39 is 0 Å². The zero-order chi connectivity index (χ0) is 11.2. The molecule has 2 aliphatic rings. The van der Waals surface area contributed by atoms with Crippen molar-refractivity contribution in [3.05, 3.63) is 0 Å². The highest BCUT2D eigenvalue weighted by molar-refractivity contribution is 5.79. The van der Waals surface area contributed by atoms with E-state index in [0.29, 0.717) is 31.3 Å². The van der Waals surface area contributed by atoms with Crippen molar-refractivity contribution in [3.8, 4) is 0 Å². The molecule has 0 aromatic carbocycles. The second kappa shape index (κ2) is 6.33. The second-order valence-electron chi connectivity index (χ2n) is 4.64. The Morgan fingerprint density at radius 1 is 1.38 bits per heavy atom. The van der Waals surface area contributed by atoms with Gasteiger partial charge in [0.15, 0.2) is 0 Å². The minimum Gasteiger partial charge on any atom is -0.379 e. The summed E-state index contributed by atoms with van der Waals surface area (Å²) in [6, 6.07) is 0.228. The molecule has 0 spiro atoms. The van der Waals surface area contributed by atoms with Crippen LogP contribution in [0.4, 0.5) is 0 Å². The van der Waals surface area contributed by atoms with Crippen molar-refractivity contribution in [1.29, 1.82) is 0 Å². The zero-order valence-corrected chi connectivity index (χ0v) is 9.74. The van der Waals surface area contributed by atoms with Gasteiger partial charge in [0.05, 0.1) is 19.3 Å². The summed E-state index contributed by atoms with van der Waals surface area (Å²) in [5.41, 5.74) is 0. The molecule has 4 nitrogen and oxygen atoms in total. The highest BCUT2D eigenvalue weighted by Crippen LogP contribution is 2.17. The second-order valence-corrected chi connectivity index (χ2v) is 4.64. The average molecular weight is 227 g/mol. The monoisotopic (exact) mass is 227 g/mol. The van der Waals surface area contributed by atoms with Crippen LogP contribution in [-0.4, -0.2) is 44.3 Å². The molecule has 0 amide bonds. The van der Waals surface area contributed by atoms with Crippen LogP contribution < -0.4 is 5.32 Å². The van der Waals surface area contributed by atoms with Crippen molar-refractivity contribution in [1.82, 2.24) is 5.32 Å². The maximum Gasteiger partial charge on any atom is 0.134 e.